The van der Waals surface area contributed by atoms with Crippen LogP contribution in [0.15, 0.2) is 59.0 Å². The van der Waals surface area contributed by atoms with Gasteiger partial charge in [-0.2, -0.15) is 0 Å². The molecule has 0 saturated heterocycles. The van der Waals surface area contributed by atoms with Gasteiger partial charge < -0.3 is 14.5 Å². The number of hydrogen-bond acceptors (Lipinski definition) is 4. The van der Waals surface area contributed by atoms with Crippen molar-refractivity contribution in [1.29, 1.82) is 0 Å². The number of aryl methyl sites for hydroxylation is 1. The van der Waals surface area contributed by atoms with Gasteiger partial charge in [-0.1, -0.05) is 19.1 Å². The molecule has 4 aromatic rings. The normalized spacial score (nSPS) is 11.0. The largest absolute Gasteiger partial charge is 0.497 e. The van der Waals surface area contributed by atoms with Gasteiger partial charge in [0.2, 0.25) is 5.71 Å². The Hall–Kier alpha value is -3.34. The van der Waals surface area contributed by atoms with Crippen LogP contribution in [0.1, 0.15) is 23.0 Å². The van der Waals surface area contributed by atoms with Crippen LogP contribution in [0.3, 0.4) is 0 Å². The molecule has 26 heavy (non-hydrogen) atoms. The highest BCUT2D eigenvalue weighted by atomic mass is 16.5. The standard InChI is InChI=1S/C21H18N2O3/c1-3-13-5-4-6-16(9-13)22-20(24)19-12-15-10-14-11-17(25-2)7-8-18(14)23-21(15)26-19/h4-12H,3H2,1-2H3,(H,22,24). The summed E-state index contributed by atoms with van der Waals surface area (Å²) in [6.45, 7) is 2.07. The van der Waals surface area contributed by atoms with Crippen LogP contribution in [0.2, 0.25) is 0 Å². The van der Waals surface area contributed by atoms with Gasteiger partial charge >= 0.3 is 0 Å². The van der Waals surface area contributed by atoms with Crippen LogP contribution in [0.25, 0.3) is 22.0 Å². The summed E-state index contributed by atoms with van der Waals surface area (Å²) in [6.07, 6.45) is 0.911. The molecule has 130 valence electrons. The van der Waals surface area contributed by atoms with Crippen LogP contribution in [-0.2, 0) is 6.42 Å². The van der Waals surface area contributed by atoms with E-state index in [1.54, 1.807) is 13.2 Å². The monoisotopic (exact) mass is 346 g/mol. The Bertz CT molecular complexity index is 1110. The van der Waals surface area contributed by atoms with E-state index in [0.717, 1.165) is 39.7 Å². The Morgan fingerprint density at radius 3 is 2.81 bits per heavy atom. The van der Waals surface area contributed by atoms with E-state index in [0.29, 0.717) is 5.71 Å². The predicted octanol–water partition coefficient (Wildman–Crippen LogP) is 4.80. The minimum Gasteiger partial charge on any atom is -0.497 e. The number of hydrogen-bond donors (Lipinski definition) is 1. The number of methoxy groups -OCH3 is 1. The fraction of sp³-hybridized carbons (Fsp3) is 0.143. The first kappa shape index (κ1) is 16.1. The van der Waals surface area contributed by atoms with E-state index in [1.807, 2.05) is 48.5 Å². The molecule has 0 unspecified atom stereocenters. The maximum absolute atomic E-state index is 12.5. The molecule has 2 aromatic carbocycles. The molecule has 0 aliphatic rings. The molecule has 4 rings (SSSR count). The lowest BCUT2D eigenvalue weighted by atomic mass is 10.1. The van der Waals surface area contributed by atoms with E-state index in [2.05, 4.69) is 17.2 Å². The van der Waals surface area contributed by atoms with Gasteiger partial charge in [-0.25, -0.2) is 4.98 Å². The third-order valence-electron chi connectivity index (χ3n) is 4.32. The summed E-state index contributed by atoms with van der Waals surface area (Å²) < 4.78 is 10.9. The first-order valence-electron chi connectivity index (χ1n) is 8.45. The summed E-state index contributed by atoms with van der Waals surface area (Å²) in [5.74, 6) is 0.700. The maximum Gasteiger partial charge on any atom is 0.291 e. The first-order chi connectivity index (χ1) is 12.7. The van der Waals surface area contributed by atoms with E-state index in [1.165, 1.54) is 0 Å². The van der Waals surface area contributed by atoms with E-state index in [4.69, 9.17) is 9.15 Å². The molecule has 1 amide bonds. The van der Waals surface area contributed by atoms with Gasteiger partial charge in [0.1, 0.15) is 5.75 Å². The summed E-state index contributed by atoms with van der Waals surface area (Å²) in [7, 11) is 1.63. The van der Waals surface area contributed by atoms with Gasteiger partial charge in [0.25, 0.3) is 5.91 Å². The van der Waals surface area contributed by atoms with Crippen molar-refractivity contribution in [3.63, 3.8) is 0 Å². The van der Waals surface area contributed by atoms with E-state index < -0.39 is 0 Å². The predicted molar refractivity (Wildman–Crippen MR) is 102 cm³/mol. The number of benzene rings is 2. The highest BCUT2D eigenvalue weighted by molar-refractivity contribution is 6.05. The van der Waals surface area contributed by atoms with E-state index in [-0.39, 0.29) is 11.7 Å². The average Bonchev–Trinajstić information content (AvgIpc) is 3.08. The fourth-order valence-electron chi connectivity index (χ4n) is 2.91. The van der Waals surface area contributed by atoms with E-state index >= 15 is 0 Å². The Morgan fingerprint density at radius 2 is 2.00 bits per heavy atom. The van der Waals surface area contributed by atoms with Gasteiger partial charge in [0.15, 0.2) is 5.76 Å². The molecule has 5 heteroatoms. The van der Waals surface area contributed by atoms with Gasteiger partial charge in [-0.15, -0.1) is 0 Å². The number of fused-ring (bicyclic) bond motifs is 2. The van der Waals surface area contributed by atoms with Gasteiger partial charge in [0.05, 0.1) is 12.6 Å². The number of carbonyl (C=O) groups excluding carboxylic acids is 1. The van der Waals surface area contributed by atoms with Crippen LogP contribution in [0.5, 0.6) is 5.75 Å². The number of nitrogens with one attached hydrogen (secondary N) is 1. The lowest BCUT2D eigenvalue weighted by Gasteiger charge is -2.04. The zero-order chi connectivity index (χ0) is 18.1. The highest BCUT2D eigenvalue weighted by Crippen LogP contribution is 2.26. The fourth-order valence-corrected chi connectivity index (χ4v) is 2.91. The zero-order valence-electron chi connectivity index (χ0n) is 14.6. The molecular formula is C21H18N2O3. The van der Waals surface area contributed by atoms with Crippen LogP contribution in [0, 0.1) is 0 Å². The van der Waals surface area contributed by atoms with Crippen molar-refractivity contribution in [3.05, 3.63) is 65.9 Å². The molecule has 5 nitrogen and oxygen atoms in total. The molecule has 0 fully saturated rings. The molecule has 0 aliphatic carbocycles. The second kappa shape index (κ2) is 6.52. The minimum absolute atomic E-state index is 0.233. The lowest BCUT2D eigenvalue weighted by Crippen LogP contribution is -2.10. The van der Waals surface area contributed by atoms with Crippen molar-refractivity contribution in [1.82, 2.24) is 4.98 Å². The molecular weight excluding hydrogens is 328 g/mol. The smallest absolute Gasteiger partial charge is 0.291 e. The molecule has 0 atom stereocenters. The number of amides is 1. The summed E-state index contributed by atoms with van der Waals surface area (Å²) >= 11 is 0. The average molecular weight is 346 g/mol. The number of rotatable bonds is 4. The van der Waals surface area contributed by atoms with Gasteiger partial charge in [-0.3, -0.25) is 4.79 Å². The molecule has 0 aliphatic heterocycles. The number of pyridine rings is 1. The van der Waals surface area contributed by atoms with Crippen molar-refractivity contribution in [2.24, 2.45) is 0 Å². The van der Waals surface area contributed by atoms with Crippen molar-refractivity contribution >= 4 is 33.6 Å². The SMILES string of the molecule is CCc1cccc(NC(=O)c2cc3cc4cc(OC)ccc4nc3o2)c1. The number of anilines is 1. The van der Waals surface area contributed by atoms with Crippen molar-refractivity contribution in [2.45, 2.75) is 13.3 Å². The van der Waals surface area contributed by atoms with Crippen molar-refractivity contribution < 1.29 is 13.9 Å². The summed E-state index contributed by atoms with van der Waals surface area (Å²) in [6, 6.07) is 17.0. The lowest BCUT2D eigenvalue weighted by molar-refractivity contribution is 0.0998. The Labute approximate surface area is 150 Å². The number of furan rings is 1. The molecule has 0 radical (unpaired) electrons. The quantitative estimate of drug-likeness (QED) is 0.576. The number of ether oxygens (including phenoxy) is 1. The first-order valence-corrected chi connectivity index (χ1v) is 8.45. The summed E-state index contributed by atoms with van der Waals surface area (Å²) in [5, 5.41) is 4.58. The van der Waals surface area contributed by atoms with Crippen LogP contribution >= 0.6 is 0 Å². The third kappa shape index (κ3) is 2.99. The Morgan fingerprint density at radius 1 is 1.12 bits per heavy atom. The van der Waals surface area contributed by atoms with E-state index in [9.17, 15) is 4.79 Å². The molecule has 1 N–H and O–H groups in total. The topological polar surface area (TPSA) is 64.4 Å². The molecule has 2 heterocycles. The van der Waals surface area contributed by atoms with Crippen molar-refractivity contribution in [3.8, 4) is 5.75 Å². The number of nitrogens with zero attached hydrogens (tertiary/aromatic N) is 1. The highest BCUT2D eigenvalue weighted by Gasteiger charge is 2.14. The molecule has 0 spiro atoms. The summed E-state index contributed by atoms with van der Waals surface area (Å²) in [4.78, 5) is 17.0. The number of carbonyl (C=O) groups is 1. The summed E-state index contributed by atoms with van der Waals surface area (Å²) in [5.41, 5.74) is 3.14. The zero-order valence-corrected chi connectivity index (χ0v) is 14.6. The molecule has 2 aromatic heterocycles. The van der Waals surface area contributed by atoms with Crippen LogP contribution < -0.4 is 10.1 Å². The minimum atomic E-state index is -0.294. The van der Waals surface area contributed by atoms with Crippen LogP contribution in [-0.4, -0.2) is 18.0 Å². The van der Waals surface area contributed by atoms with Crippen LogP contribution in [0.4, 0.5) is 5.69 Å². The second-order valence-corrected chi connectivity index (χ2v) is 6.06. The second-order valence-electron chi connectivity index (χ2n) is 6.06. The molecule has 0 bridgehead atoms. The third-order valence-corrected chi connectivity index (χ3v) is 4.32. The molecule has 0 saturated carbocycles. The maximum atomic E-state index is 12.5. The number of aromatic nitrogens is 1. The van der Waals surface area contributed by atoms with Crippen molar-refractivity contribution in [2.75, 3.05) is 12.4 Å². The Kier molecular flexibility index (Phi) is 4.05. The van der Waals surface area contributed by atoms with Gasteiger partial charge in [0, 0.05) is 16.5 Å². The Balaban J connectivity index is 1.67. The van der Waals surface area contributed by atoms with Gasteiger partial charge in [-0.05, 0) is 54.4 Å².